The summed E-state index contributed by atoms with van der Waals surface area (Å²) in [7, 11) is 0. The number of halogens is 3. The van der Waals surface area contributed by atoms with E-state index < -0.39 is 11.7 Å². The molecule has 1 aromatic rings. The van der Waals surface area contributed by atoms with Gasteiger partial charge in [0, 0.05) is 11.9 Å². The van der Waals surface area contributed by atoms with Crippen molar-refractivity contribution < 1.29 is 17.9 Å². The number of hydrogen-bond donors (Lipinski definition) is 1. The van der Waals surface area contributed by atoms with Crippen LogP contribution < -0.4 is 5.32 Å². The van der Waals surface area contributed by atoms with E-state index in [2.05, 4.69) is 10.3 Å². The van der Waals surface area contributed by atoms with Gasteiger partial charge in [-0.25, -0.2) is 0 Å². The Morgan fingerprint density at radius 1 is 1.29 bits per heavy atom. The molecule has 1 atom stereocenters. The van der Waals surface area contributed by atoms with Crippen molar-refractivity contribution in [2.24, 2.45) is 5.92 Å². The maximum absolute atomic E-state index is 12.5. The minimum Gasteiger partial charge on any atom is -0.375 e. The molecule has 2 aliphatic rings. The molecule has 1 spiro atoms. The monoisotopic (exact) mass is 300 g/mol. The third-order valence-electron chi connectivity index (χ3n) is 4.45. The van der Waals surface area contributed by atoms with Gasteiger partial charge in [-0.3, -0.25) is 4.98 Å². The smallest absolute Gasteiger partial charge is 0.375 e. The summed E-state index contributed by atoms with van der Waals surface area (Å²) in [4.78, 5) is 3.95. The van der Waals surface area contributed by atoms with Crippen molar-refractivity contribution in [3.8, 4) is 0 Å². The van der Waals surface area contributed by atoms with Gasteiger partial charge < -0.3 is 10.1 Å². The van der Waals surface area contributed by atoms with E-state index in [1.165, 1.54) is 6.07 Å². The third kappa shape index (κ3) is 3.37. The molecule has 3 heterocycles. The average molecular weight is 300 g/mol. The van der Waals surface area contributed by atoms with Crippen LogP contribution in [0.5, 0.6) is 0 Å². The van der Waals surface area contributed by atoms with Crippen molar-refractivity contribution >= 4 is 0 Å². The molecule has 1 N–H and O–H groups in total. The van der Waals surface area contributed by atoms with Gasteiger partial charge in [0.1, 0.15) is 0 Å². The Balaban J connectivity index is 1.60. The fourth-order valence-electron chi connectivity index (χ4n) is 3.31. The Hall–Kier alpha value is -1.14. The van der Waals surface area contributed by atoms with Gasteiger partial charge in [0.15, 0.2) is 0 Å². The van der Waals surface area contributed by atoms with Crippen LogP contribution in [-0.4, -0.2) is 30.3 Å². The Bertz CT molecular complexity index is 481. The summed E-state index contributed by atoms with van der Waals surface area (Å²) in [6, 6.07) is 2.59. The number of nitrogens with zero attached hydrogens (tertiary/aromatic N) is 1. The standard InChI is InChI=1S/C15H19F3N2O/c16-15(17,18)12-1-2-13(20-9-12)7-11-8-14(21-10-11)3-5-19-6-4-14/h1-2,9,11,19H,3-8,10H2/t11-/m1/s1. The molecule has 2 aliphatic heterocycles. The second-order valence-corrected chi connectivity index (χ2v) is 6.05. The van der Waals surface area contributed by atoms with E-state index in [1.54, 1.807) is 0 Å². The van der Waals surface area contributed by atoms with Crippen LogP contribution in [0.4, 0.5) is 13.2 Å². The highest BCUT2D eigenvalue weighted by Crippen LogP contribution is 2.38. The molecule has 2 fully saturated rings. The number of nitrogens with one attached hydrogen (secondary N) is 1. The van der Waals surface area contributed by atoms with E-state index >= 15 is 0 Å². The molecule has 6 heteroatoms. The number of aromatic nitrogens is 1. The Kier molecular flexibility index (Phi) is 3.92. The predicted octanol–water partition coefficient (Wildman–Crippen LogP) is 2.80. The molecule has 2 saturated heterocycles. The van der Waals surface area contributed by atoms with Crippen LogP contribution in [0.15, 0.2) is 18.3 Å². The lowest BCUT2D eigenvalue weighted by Crippen LogP contribution is -2.41. The van der Waals surface area contributed by atoms with Crippen LogP contribution in [0.3, 0.4) is 0 Å². The van der Waals surface area contributed by atoms with Crippen LogP contribution in [-0.2, 0) is 17.3 Å². The first-order chi connectivity index (χ1) is 9.97. The van der Waals surface area contributed by atoms with Crippen molar-refractivity contribution in [2.45, 2.75) is 37.5 Å². The van der Waals surface area contributed by atoms with Crippen molar-refractivity contribution in [1.29, 1.82) is 0 Å². The highest BCUT2D eigenvalue weighted by atomic mass is 19.4. The molecular formula is C15H19F3N2O. The van der Waals surface area contributed by atoms with E-state index in [0.29, 0.717) is 24.6 Å². The molecule has 1 aromatic heterocycles. The molecule has 116 valence electrons. The molecule has 0 saturated carbocycles. The highest BCUT2D eigenvalue weighted by molar-refractivity contribution is 5.17. The first-order valence-corrected chi connectivity index (χ1v) is 7.34. The fourth-order valence-corrected chi connectivity index (χ4v) is 3.31. The topological polar surface area (TPSA) is 34.1 Å². The van der Waals surface area contributed by atoms with Crippen LogP contribution in [0, 0.1) is 5.92 Å². The number of rotatable bonds is 2. The summed E-state index contributed by atoms with van der Waals surface area (Å²) >= 11 is 0. The molecule has 0 unspecified atom stereocenters. The summed E-state index contributed by atoms with van der Waals surface area (Å²) in [5.41, 5.74) is 0.00768. The largest absolute Gasteiger partial charge is 0.417 e. The lowest BCUT2D eigenvalue weighted by atomic mass is 9.85. The predicted molar refractivity (Wildman–Crippen MR) is 71.8 cm³/mol. The van der Waals surface area contributed by atoms with Crippen molar-refractivity contribution in [1.82, 2.24) is 10.3 Å². The van der Waals surface area contributed by atoms with Gasteiger partial charge in [-0.1, -0.05) is 0 Å². The van der Waals surface area contributed by atoms with Gasteiger partial charge >= 0.3 is 6.18 Å². The molecule has 3 nitrogen and oxygen atoms in total. The van der Waals surface area contributed by atoms with Gasteiger partial charge in [0.05, 0.1) is 17.8 Å². The Labute approximate surface area is 121 Å². The molecular weight excluding hydrogens is 281 g/mol. The minimum atomic E-state index is -4.32. The molecule has 0 radical (unpaired) electrons. The van der Waals surface area contributed by atoms with Crippen LogP contribution in [0.2, 0.25) is 0 Å². The summed E-state index contributed by atoms with van der Waals surface area (Å²) in [6.45, 7) is 2.64. The normalized spacial score (nSPS) is 25.4. The quantitative estimate of drug-likeness (QED) is 0.912. The molecule has 3 rings (SSSR count). The lowest BCUT2D eigenvalue weighted by Gasteiger charge is -2.33. The first kappa shape index (κ1) is 14.8. The van der Waals surface area contributed by atoms with Crippen LogP contribution in [0.1, 0.15) is 30.5 Å². The summed E-state index contributed by atoms with van der Waals surface area (Å²) < 4.78 is 43.5. The molecule has 0 amide bonds. The third-order valence-corrected chi connectivity index (χ3v) is 4.45. The Morgan fingerprint density at radius 2 is 2.05 bits per heavy atom. The summed E-state index contributed by atoms with van der Waals surface area (Å²) in [5, 5.41) is 3.32. The SMILES string of the molecule is FC(F)(F)c1ccc(C[C@H]2COC3(CCNCC3)C2)nc1. The number of alkyl halides is 3. The molecule has 0 aliphatic carbocycles. The molecule has 0 bridgehead atoms. The number of hydrogen-bond acceptors (Lipinski definition) is 3. The van der Waals surface area contributed by atoms with E-state index in [9.17, 15) is 13.2 Å². The van der Waals surface area contributed by atoms with E-state index in [4.69, 9.17) is 4.74 Å². The maximum atomic E-state index is 12.5. The molecule has 21 heavy (non-hydrogen) atoms. The second kappa shape index (κ2) is 5.57. The van der Waals surface area contributed by atoms with Gasteiger partial charge in [-0.05, 0) is 56.8 Å². The summed E-state index contributed by atoms with van der Waals surface area (Å²) in [6.07, 6.45) is 0.311. The minimum absolute atomic E-state index is 0.0121. The van der Waals surface area contributed by atoms with Gasteiger partial charge in [-0.2, -0.15) is 13.2 Å². The van der Waals surface area contributed by atoms with E-state index in [0.717, 1.165) is 44.6 Å². The zero-order valence-corrected chi connectivity index (χ0v) is 11.7. The van der Waals surface area contributed by atoms with Crippen molar-refractivity contribution in [2.75, 3.05) is 19.7 Å². The second-order valence-electron chi connectivity index (χ2n) is 6.05. The van der Waals surface area contributed by atoms with E-state index in [1.807, 2.05) is 0 Å². The highest BCUT2D eigenvalue weighted by Gasteiger charge is 2.41. The average Bonchev–Trinajstić information content (AvgIpc) is 2.82. The zero-order chi connectivity index (χ0) is 14.9. The van der Waals surface area contributed by atoms with Crippen LogP contribution in [0.25, 0.3) is 0 Å². The van der Waals surface area contributed by atoms with Gasteiger partial charge in [-0.15, -0.1) is 0 Å². The summed E-state index contributed by atoms with van der Waals surface area (Å²) in [5.74, 6) is 0.354. The van der Waals surface area contributed by atoms with Crippen molar-refractivity contribution in [3.63, 3.8) is 0 Å². The first-order valence-electron chi connectivity index (χ1n) is 7.34. The lowest BCUT2D eigenvalue weighted by molar-refractivity contribution is -0.137. The van der Waals surface area contributed by atoms with Crippen molar-refractivity contribution in [3.05, 3.63) is 29.6 Å². The Morgan fingerprint density at radius 3 is 2.67 bits per heavy atom. The molecule has 0 aromatic carbocycles. The van der Waals surface area contributed by atoms with Crippen LogP contribution >= 0.6 is 0 Å². The zero-order valence-electron chi connectivity index (χ0n) is 11.7. The number of ether oxygens (including phenoxy) is 1. The fraction of sp³-hybridized carbons (Fsp3) is 0.667. The number of piperidine rings is 1. The van der Waals surface area contributed by atoms with E-state index in [-0.39, 0.29) is 5.60 Å². The van der Waals surface area contributed by atoms with Gasteiger partial charge in [0.2, 0.25) is 0 Å². The number of pyridine rings is 1. The van der Waals surface area contributed by atoms with Gasteiger partial charge in [0.25, 0.3) is 0 Å². The maximum Gasteiger partial charge on any atom is 0.417 e.